The van der Waals surface area contributed by atoms with Gasteiger partial charge in [0.2, 0.25) is 5.91 Å². The summed E-state index contributed by atoms with van der Waals surface area (Å²) in [6, 6.07) is 0. The lowest BCUT2D eigenvalue weighted by Crippen LogP contribution is -2.39. The fraction of sp³-hybridized carbons (Fsp3) is 0.889. The Morgan fingerprint density at radius 2 is 1.81 bits per heavy atom. The molecule has 0 aromatic carbocycles. The number of hydrogen-bond donors (Lipinski definition) is 3. The van der Waals surface area contributed by atoms with Gasteiger partial charge in [-0.05, 0) is 25.2 Å². The average Bonchev–Trinajstić information content (AvgIpc) is 2.64. The largest absolute Gasteiger partial charge is 0.379 e. The predicted octanol–water partition coefficient (Wildman–Crippen LogP) is 1.32. The van der Waals surface area contributed by atoms with Crippen LogP contribution in [0.5, 0.6) is 0 Å². The lowest BCUT2D eigenvalue weighted by Gasteiger charge is -2.26. The highest BCUT2D eigenvalue weighted by atomic mass is 127. The van der Waals surface area contributed by atoms with Crippen molar-refractivity contribution in [1.82, 2.24) is 15.5 Å². The molecule has 1 heterocycles. The van der Waals surface area contributed by atoms with Crippen LogP contribution >= 0.6 is 24.0 Å². The van der Waals surface area contributed by atoms with Crippen molar-refractivity contribution in [1.29, 1.82) is 0 Å². The zero-order valence-electron chi connectivity index (χ0n) is 15.9. The van der Waals surface area contributed by atoms with Crippen molar-refractivity contribution in [2.45, 2.75) is 44.9 Å². The Hall–Kier alpha value is -0.610. The van der Waals surface area contributed by atoms with Crippen molar-refractivity contribution >= 4 is 35.8 Å². The first-order valence-electron chi connectivity index (χ1n) is 9.84. The smallest absolute Gasteiger partial charge is 0.220 e. The third-order valence-electron chi connectivity index (χ3n) is 4.97. The van der Waals surface area contributed by atoms with Crippen molar-refractivity contribution in [2.75, 3.05) is 52.5 Å². The lowest BCUT2D eigenvalue weighted by molar-refractivity contribution is -0.122. The standard InChI is InChI=1S/C18H35N5O2.HI/c19-18(21-7-4-10-23-11-13-25-14-12-23)22-9-8-20-17(24)15-16-5-2-1-3-6-16;/h16H,1-15H2,(H,20,24)(H3,19,21,22);1H. The number of nitrogens with zero attached hydrogens (tertiary/aromatic N) is 2. The SMILES string of the molecule is I.NC(=NCCCN1CCOCC1)NCCNC(=O)CC1CCCCC1. The van der Waals surface area contributed by atoms with E-state index in [0.717, 1.165) is 45.8 Å². The molecule has 26 heavy (non-hydrogen) atoms. The average molecular weight is 481 g/mol. The van der Waals surface area contributed by atoms with Crippen LogP contribution in [-0.2, 0) is 9.53 Å². The quantitative estimate of drug-likeness (QED) is 0.200. The van der Waals surface area contributed by atoms with Crippen LogP contribution in [0.4, 0.5) is 0 Å². The first-order chi connectivity index (χ1) is 12.2. The van der Waals surface area contributed by atoms with Gasteiger partial charge in [0.25, 0.3) is 0 Å². The van der Waals surface area contributed by atoms with E-state index in [1.54, 1.807) is 0 Å². The topological polar surface area (TPSA) is 92.0 Å². The fourth-order valence-corrected chi connectivity index (χ4v) is 3.49. The van der Waals surface area contributed by atoms with E-state index in [1.165, 1.54) is 32.1 Å². The second kappa shape index (κ2) is 14.4. The number of ether oxygens (including phenoxy) is 1. The second-order valence-electron chi connectivity index (χ2n) is 7.06. The molecule has 4 N–H and O–H groups in total. The molecule has 0 radical (unpaired) electrons. The van der Waals surface area contributed by atoms with Gasteiger partial charge in [-0.15, -0.1) is 24.0 Å². The van der Waals surface area contributed by atoms with E-state index in [2.05, 4.69) is 20.5 Å². The van der Waals surface area contributed by atoms with E-state index in [0.29, 0.717) is 31.4 Å². The minimum Gasteiger partial charge on any atom is -0.379 e. The van der Waals surface area contributed by atoms with Crippen molar-refractivity contribution < 1.29 is 9.53 Å². The van der Waals surface area contributed by atoms with E-state index in [4.69, 9.17) is 10.5 Å². The first-order valence-corrected chi connectivity index (χ1v) is 9.84. The van der Waals surface area contributed by atoms with Gasteiger partial charge in [0.05, 0.1) is 13.2 Å². The number of nitrogens with one attached hydrogen (secondary N) is 2. The molecule has 0 bridgehead atoms. The molecule has 0 atom stereocenters. The van der Waals surface area contributed by atoms with Gasteiger partial charge in [-0.1, -0.05) is 19.3 Å². The summed E-state index contributed by atoms with van der Waals surface area (Å²) < 4.78 is 5.33. The lowest BCUT2D eigenvalue weighted by atomic mass is 9.87. The van der Waals surface area contributed by atoms with Gasteiger partial charge >= 0.3 is 0 Å². The molecule has 7 nitrogen and oxygen atoms in total. The Morgan fingerprint density at radius 1 is 1.12 bits per heavy atom. The van der Waals surface area contributed by atoms with Crippen LogP contribution in [0.2, 0.25) is 0 Å². The summed E-state index contributed by atoms with van der Waals surface area (Å²) in [4.78, 5) is 18.6. The Balaban J connectivity index is 0.00000338. The van der Waals surface area contributed by atoms with Crippen LogP contribution in [0.15, 0.2) is 4.99 Å². The van der Waals surface area contributed by atoms with Gasteiger partial charge in [-0.3, -0.25) is 14.7 Å². The van der Waals surface area contributed by atoms with Gasteiger partial charge < -0.3 is 21.1 Å². The summed E-state index contributed by atoms with van der Waals surface area (Å²) in [7, 11) is 0. The third-order valence-corrected chi connectivity index (χ3v) is 4.97. The molecule has 0 aromatic rings. The zero-order valence-corrected chi connectivity index (χ0v) is 18.2. The number of morpholine rings is 1. The second-order valence-corrected chi connectivity index (χ2v) is 7.06. The van der Waals surface area contributed by atoms with Gasteiger partial charge in [0, 0.05) is 45.7 Å². The number of nitrogens with two attached hydrogens (primary N) is 1. The zero-order chi connectivity index (χ0) is 17.7. The van der Waals surface area contributed by atoms with Crippen molar-refractivity contribution in [3.63, 3.8) is 0 Å². The maximum atomic E-state index is 11.9. The Morgan fingerprint density at radius 3 is 2.54 bits per heavy atom. The predicted molar refractivity (Wildman–Crippen MR) is 116 cm³/mol. The van der Waals surface area contributed by atoms with Gasteiger partial charge in [0.1, 0.15) is 0 Å². The molecule has 2 rings (SSSR count). The van der Waals surface area contributed by atoms with Crippen molar-refractivity contribution in [3.8, 4) is 0 Å². The molecule has 0 unspecified atom stereocenters. The Kier molecular flexibility index (Phi) is 13.0. The molecule has 0 spiro atoms. The molecule has 1 aliphatic carbocycles. The molecule has 1 saturated heterocycles. The van der Waals surface area contributed by atoms with E-state index in [-0.39, 0.29) is 29.9 Å². The molecule has 2 fully saturated rings. The Bertz CT molecular complexity index is 410. The molecular weight excluding hydrogens is 445 g/mol. The van der Waals surface area contributed by atoms with Crippen LogP contribution in [0.25, 0.3) is 0 Å². The highest BCUT2D eigenvalue weighted by Crippen LogP contribution is 2.25. The van der Waals surface area contributed by atoms with Gasteiger partial charge in [-0.2, -0.15) is 0 Å². The van der Waals surface area contributed by atoms with Crippen molar-refractivity contribution in [2.24, 2.45) is 16.6 Å². The number of carbonyl (C=O) groups is 1. The number of guanidine groups is 1. The summed E-state index contributed by atoms with van der Waals surface area (Å²) in [5.74, 6) is 1.21. The molecular formula is C18H36IN5O2. The molecule has 8 heteroatoms. The Labute approximate surface area is 174 Å². The number of rotatable bonds is 9. The molecule has 152 valence electrons. The van der Waals surface area contributed by atoms with Crippen LogP contribution in [0, 0.1) is 5.92 Å². The number of aliphatic imine (C=N–C) groups is 1. The van der Waals surface area contributed by atoms with Gasteiger partial charge in [-0.25, -0.2) is 0 Å². The minimum absolute atomic E-state index is 0. The van der Waals surface area contributed by atoms with Crippen LogP contribution in [0.1, 0.15) is 44.9 Å². The summed E-state index contributed by atoms with van der Waals surface area (Å²) in [5, 5.41) is 6.02. The van der Waals surface area contributed by atoms with E-state index < -0.39 is 0 Å². The molecule has 1 saturated carbocycles. The molecule has 1 amide bonds. The number of carbonyl (C=O) groups excluding carboxylic acids is 1. The monoisotopic (exact) mass is 481 g/mol. The molecule has 1 aliphatic heterocycles. The third kappa shape index (κ3) is 10.5. The van der Waals surface area contributed by atoms with Crippen LogP contribution in [0.3, 0.4) is 0 Å². The highest BCUT2D eigenvalue weighted by molar-refractivity contribution is 14.0. The number of amides is 1. The van der Waals surface area contributed by atoms with Crippen LogP contribution < -0.4 is 16.4 Å². The van der Waals surface area contributed by atoms with Crippen LogP contribution in [-0.4, -0.2) is 69.2 Å². The summed E-state index contributed by atoms with van der Waals surface area (Å²) in [6.45, 7) is 6.67. The summed E-state index contributed by atoms with van der Waals surface area (Å²) in [5.41, 5.74) is 5.85. The fourth-order valence-electron chi connectivity index (χ4n) is 3.49. The first kappa shape index (κ1) is 23.4. The number of halogens is 1. The summed E-state index contributed by atoms with van der Waals surface area (Å²) in [6.07, 6.45) is 7.96. The molecule has 0 aromatic heterocycles. The minimum atomic E-state index is 0. The van der Waals surface area contributed by atoms with Crippen molar-refractivity contribution in [3.05, 3.63) is 0 Å². The maximum absolute atomic E-state index is 11.9. The highest BCUT2D eigenvalue weighted by Gasteiger charge is 2.16. The summed E-state index contributed by atoms with van der Waals surface area (Å²) >= 11 is 0. The van der Waals surface area contributed by atoms with E-state index >= 15 is 0 Å². The van der Waals surface area contributed by atoms with E-state index in [1.807, 2.05) is 0 Å². The molecule has 2 aliphatic rings. The van der Waals surface area contributed by atoms with Gasteiger partial charge in [0.15, 0.2) is 5.96 Å². The normalized spacial score (nSPS) is 19.6. The van der Waals surface area contributed by atoms with E-state index in [9.17, 15) is 4.79 Å². The number of hydrogen-bond acceptors (Lipinski definition) is 4. The maximum Gasteiger partial charge on any atom is 0.220 e.